The predicted molar refractivity (Wildman–Crippen MR) is 61.9 cm³/mol. The van der Waals surface area contributed by atoms with Gasteiger partial charge in [-0.2, -0.15) is 4.80 Å². The first kappa shape index (κ1) is 11.5. The van der Waals surface area contributed by atoms with Crippen molar-refractivity contribution in [2.45, 2.75) is 44.6 Å². The van der Waals surface area contributed by atoms with Gasteiger partial charge in [0.05, 0.1) is 7.05 Å². The number of aryl methyl sites for hydroxylation is 1. The van der Waals surface area contributed by atoms with Crippen LogP contribution < -0.4 is 5.32 Å². The van der Waals surface area contributed by atoms with Gasteiger partial charge in [-0.3, -0.25) is 0 Å². The first-order chi connectivity index (χ1) is 7.78. The van der Waals surface area contributed by atoms with E-state index in [0.29, 0.717) is 12.0 Å². The first-order valence-corrected chi connectivity index (χ1v) is 6.18. The molecule has 90 valence electrons. The van der Waals surface area contributed by atoms with Gasteiger partial charge in [0, 0.05) is 12.5 Å². The molecule has 1 heterocycles. The van der Waals surface area contributed by atoms with Crippen LogP contribution in [-0.4, -0.2) is 33.3 Å². The van der Waals surface area contributed by atoms with Crippen molar-refractivity contribution in [3.8, 4) is 0 Å². The first-order valence-electron chi connectivity index (χ1n) is 6.18. The van der Waals surface area contributed by atoms with Crippen LogP contribution in [0.15, 0.2) is 0 Å². The summed E-state index contributed by atoms with van der Waals surface area (Å²) >= 11 is 0. The van der Waals surface area contributed by atoms with Gasteiger partial charge in [0.15, 0.2) is 5.82 Å². The summed E-state index contributed by atoms with van der Waals surface area (Å²) in [6.07, 6.45) is 7.51. The number of hydrogen-bond donors (Lipinski definition) is 1. The highest BCUT2D eigenvalue weighted by Crippen LogP contribution is 2.25. The van der Waals surface area contributed by atoms with Crippen molar-refractivity contribution in [2.75, 3.05) is 7.05 Å². The number of hydrogen-bond acceptors (Lipinski definition) is 4. The highest BCUT2D eigenvalue weighted by molar-refractivity contribution is 4.84. The standard InChI is InChI=1S/C11H21N5/c1-12-10-6-4-3-5-9(7-10)8-11-13-15-16(2)14-11/h9-10,12H,3-8H2,1-2H3. The molecule has 2 rings (SSSR count). The Labute approximate surface area is 96.6 Å². The van der Waals surface area contributed by atoms with Gasteiger partial charge >= 0.3 is 0 Å². The van der Waals surface area contributed by atoms with Crippen LogP contribution in [0.1, 0.15) is 37.9 Å². The third kappa shape index (κ3) is 3.01. The molecule has 1 fully saturated rings. The zero-order chi connectivity index (χ0) is 11.4. The van der Waals surface area contributed by atoms with Crippen LogP contribution >= 0.6 is 0 Å². The van der Waals surface area contributed by atoms with Gasteiger partial charge in [0.25, 0.3) is 0 Å². The highest BCUT2D eigenvalue weighted by atomic mass is 15.6. The molecular weight excluding hydrogens is 202 g/mol. The highest BCUT2D eigenvalue weighted by Gasteiger charge is 2.20. The van der Waals surface area contributed by atoms with E-state index in [2.05, 4.69) is 27.8 Å². The van der Waals surface area contributed by atoms with Crippen molar-refractivity contribution in [1.29, 1.82) is 0 Å². The fourth-order valence-corrected chi connectivity index (χ4v) is 2.57. The lowest BCUT2D eigenvalue weighted by atomic mass is 9.94. The van der Waals surface area contributed by atoms with Crippen LogP contribution in [-0.2, 0) is 13.5 Å². The zero-order valence-corrected chi connectivity index (χ0v) is 10.2. The predicted octanol–water partition coefficient (Wildman–Crippen LogP) is 0.921. The lowest BCUT2D eigenvalue weighted by Crippen LogP contribution is -2.27. The van der Waals surface area contributed by atoms with Gasteiger partial charge in [-0.1, -0.05) is 12.8 Å². The lowest BCUT2D eigenvalue weighted by molar-refractivity contribution is 0.394. The van der Waals surface area contributed by atoms with E-state index in [1.807, 2.05) is 7.05 Å². The molecule has 0 saturated heterocycles. The molecular formula is C11H21N5. The number of tetrazole rings is 1. The molecule has 0 bridgehead atoms. The maximum Gasteiger partial charge on any atom is 0.175 e. The van der Waals surface area contributed by atoms with E-state index in [-0.39, 0.29) is 0 Å². The largest absolute Gasteiger partial charge is 0.317 e. The molecule has 2 unspecified atom stereocenters. The van der Waals surface area contributed by atoms with Gasteiger partial charge in [0.2, 0.25) is 0 Å². The molecule has 1 aliphatic carbocycles. The molecule has 0 amide bonds. The van der Waals surface area contributed by atoms with Crippen LogP contribution in [0.25, 0.3) is 0 Å². The number of aromatic nitrogens is 4. The minimum absolute atomic E-state index is 0.671. The summed E-state index contributed by atoms with van der Waals surface area (Å²) < 4.78 is 0. The van der Waals surface area contributed by atoms with Gasteiger partial charge in [-0.15, -0.1) is 10.2 Å². The van der Waals surface area contributed by atoms with Crippen molar-refractivity contribution >= 4 is 0 Å². The molecule has 1 N–H and O–H groups in total. The van der Waals surface area contributed by atoms with Crippen LogP contribution in [0, 0.1) is 5.92 Å². The summed E-state index contributed by atoms with van der Waals surface area (Å²) in [7, 11) is 3.88. The summed E-state index contributed by atoms with van der Waals surface area (Å²) in [5, 5.41) is 15.6. The van der Waals surface area contributed by atoms with Gasteiger partial charge < -0.3 is 5.32 Å². The average molecular weight is 223 g/mol. The van der Waals surface area contributed by atoms with Crippen molar-refractivity contribution in [3.63, 3.8) is 0 Å². The molecule has 16 heavy (non-hydrogen) atoms. The van der Waals surface area contributed by atoms with Crippen LogP contribution in [0.3, 0.4) is 0 Å². The average Bonchev–Trinajstić information content (AvgIpc) is 2.55. The van der Waals surface area contributed by atoms with Gasteiger partial charge in [-0.25, -0.2) is 0 Å². The fourth-order valence-electron chi connectivity index (χ4n) is 2.57. The minimum Gasteiger partial charge on any atom is -0.317 e. The molecule has 2 atom stereocenters. The lowest BCUT2D eigenvalue weighted by Gasteiger charge is -2.17. The summed E-state index contributed by atoms with van der Waals surface area (Å²) in [6.45, 7) is 0. The number of nitrogens with zero attached hydrogens (tertiary/aromatic N) is 4. The van der Waals surface area contributed by atoms with Crippen LogP contribution in [0.5, 0.6) is 0 Å². The topological polar surface area (TPSA) is 55.6 Å². The number of nitrogens with one attached hydrogen (secondary N) is 1. The molecule has 1 aliphatic rings. The molecule has 1 aromatic rings. The zero-order valence-electron chi connectivity index (χ0n) is 10.2. The van der Waals surface area contributed by atoms with Crippen LogP contribution in [0.4, 0.5) is 0 Å². The Morgan fingerprint density at radius 1 is 1.38 bits per heavy atom. The van der Waals surface area contributed by atoms with E-state index in [9.17, 15) is 0 Å². The molecule has 0 aromatic carbocycles. The van der Waals surface area contributed by atoms with Crippen LogP contribution in [0.2, 0.25) is 0 Å². The Morgan fingerprint density at radius 3 is 2.88 bits per heavy atom. The second-order valence-corrected chi connectivity index (χ2v) is 4.77. The normalized spacial score (nSPS) is 26.6. The quantitative estimate of drug-likeness (QED) is 0.774. The monoisotopic (exact) mass is 223 g/mol. The number of rotatable bonds is 3. The van der Waals surface area contributed by atoms with Gasteiger partial charge in [-0.05, 0) is 37.4 Å². The Hall–Kier alpha value is -0.970. The van der Waals surface area contributed by atoms with E-state index in [1.165, 1.54) is 32.1 Å². The third-order valence-electron chi connectivity index (χ3n) is 3.46. The molecule has 0 spiro atoms. The third-order valence-corrected chi connectivity index (χ3v) is 3.46. The maximum absolute atomic E-state index is 4.26. The Balaban J connectivity index is 1.92. The summed E-state index contributed by atoms with van der Waals surface area (Å²) in [6, 6.07) is 0.671. The molecule has 1 saturated carbocycles. The second kappa shape index (κ2) is 5.39. The van der Waals surface area contributed by atoms with E-state index in [1.54, 1.807) is 4.80 Å². The SMILES string of the molecule is CNC1CCCCC(Cc2nnn(C)n2)C1. The summed E-state index contributed by atoms with van der Waals surface area (Å²) in [4.78, 5) is 1.54. The second-order valence-electron chi connectivity index (χ2n) is 4.77. The smallest absolute Gasteiger partial charge is 0.175 e. The maximum atomic E-state index is 4.26. The van der Waals surface area contributed by atoms with E-state index in [0.717, 1.165) is 12.2 Å². The van der Waals surface area contributed by atoms with E-state index in [4.69, 9.17) is 0 Å². The molecule has 5 heteroatoms. The fraction of sp³-hybridized carbons (Fsp3) is 0.909. The minimum atomic E-state index is 0.671. The van der Waals surface area contributed by atoms with Crippen molar-refractivity contribution in [1.82, 2.24) is 25.5 Å². The Morgan fingerprint density at radius 2 is 2.19 bits per heavy atom. The van der Waals surface area contributed by atoms with Crippen molar-refractivity contribution < 1.29 is 0 Å². The Kier molecular flexibility index (Phi) is 3.88. The molecule has 1 aromatic heterocycles. The Bertz CT molecular complexity index is 322. The molecule has 5 nitrogen and oxygen atoms in total. The van der Waals surface area contributed by atoms with E-state index >= 15 is 0 Å². The van der Waals surface area contributed by atoms with Crippen molar-refractivity contribution in [2.24, 2.45) is 13.0 Å². The molecule has 0 aliphatic heterocycles. The van der Waals surface area contributed by atoms with E-state index < -0.39 is 0 Å². The van der Waals surface area contributed by atoms with Crippen molar-refractivity contribution in [3.05, 3.63) is 5.82 Å². The molecule has 0 radical (unpaired) electrons. The summed E-state index contributed by atoms with van der Waals surface area (Å²) in [5.74, 6) is 1.61. The summed E-state index contributed by atoms with van der Waals surface area (Å²) in [5.41, 5.74) is 0. The van der Waals surface area contributed by atoms with Gasteiger partial charge in [0.1, 0.15) is 0 Å².